The molecule has 0 spiro atoms. The van der Waals surface area contributed by atoms with Crippen molar-refractivity contribution in [2.24, 2.45) is 0 Å². The van der Waals surface area contributed by atoms with Crippen LogP contribution in [0.3, 0.4) is 0 Å². The minimum Gasteiger partial charge on any atom is -0.265 e. The van der Waals surface area contributed by atoms with Crippen molar-refractivity contribution in [2.45, 2.75) is 11.3 Å². The molecule has 5 nitrogen and oxygen atoms in total. The molecular formula is C12H12ClN3O2S. The van der Waals surface area contributed by atoms with Gasteiger partial charge in [0.25, 0.3) is 0 Å². The first-order chi connectivity index (χ1) is 9.09. The first kappa shape index (κ1) is 13.9. The van der Waals surface area contributed by atoms with Gasteiger partial charge in [0.2, 0.25) is 10.0 Å². The molecule has 7 heteroatoms. The molecule has 1 N–H and O–H groups in total. The summed E-state index contributed by atoms with van der Waals surface area (Å²) in [6.07, 6.45) is 6.60. The van der Waals surface area contributed by atoms with Crippen molar-refractivity contribution in [3.05, 3.63) is 53.6 Å². The molecule has 0 aliphatic heterocycles. The third-order valence-electron chi connectivity index (χ3n) is 2.48. The second-order valence-corrected chi connectivity index (χ2v) is 5.95. The maximum absolute atomic E-state index is 12.0. The summed E-state index contributed by atoms with van der Waals surface area (Å²) in [5.74, 6) is 0. The topological polar surface area (TPSA) is 72.0 Å². The van der Waals surface area contributed by atoms with E-state index in [1.165, 1.54) is 18.5 Å². The Balaban J connectivity index is 2.01. The highest BCUT2D eigenvalue weighted by molar-refractivity contribution is 7.89. The Hall–Kier alpha value is -1.50. The lowest BCUT2D eigenvalue weighted by molar-refractivity contribution is 0.581. The zero-order valence-corrected chi connectivity index (χ0v) is 11.5. The normalized spacial score (nSPS) is 11.4. The quantitative estimate of drug-likeness (QED) is 0.911. The van der Waals surface area contributed by atoms with E-state index in [0.717, 1.165) is 5.56 Å². The smallest absolute Gasteiger partial charge is 0.243 e. The van der Waals surface area contributed by atoms with Gasteiger partial charge in [-0.3, -0.25) is 9.97 Å². The Bertz CT molecular complexity index is 647. The lowest BCUT2D eigenvalue weighted by Gasteiger charge is -2.07. The Kier molecular flexibility index (Phi) is 4.47. The Morgan fingerprint density at radius 1 is 1.11 bits per heavy atom. The van der Waals surface area contributed by atoms with Gasteiger partial charge in [0, 0.05) is 31.3 Å². The lowest BCUT2D eigenvalue weighted by Crippen LogP contribution is -2.26. The third kappa shape index (κ3) is 3.73. The van der Waals surface area contributed by atoms with Crippen molar-refractivity contribution in [3.8, 4) is 0 Å². The van der Waals surface area contributed by atoms with E-state index in [0.29, 0.717) is 6.42 Å². The predicted molar refractivity (Wildman–Crippen MR) is 72.4 cm³/mol. The number of pyridine rings is 2. The molecule has 2 rings (SSSR count). The zero-order valence-electron chi connectivity index (χ0n) is 9.95. The van der Waals surface area contributed by atoms with Gasteiger partial charge in [0.05, 0.1) is 5.02 Å². The summed E-state index contributed by atoms with van der Waals surface area (Å²) in [6, 6.07) is 5.12. The highest BCUT2D eigenvalue weighted by atomic mass is 35.5. The molecule has 0 saturated carbocycles. The molecule has 0 fully saturated rings. The van der Waals surface area contributed by atoms with Crippen molar-refractivity contribution in [1.82, 2.24) is 14.7 Å². The summed E-state index contributed by atoms with van der Waals surface area (Å²) in [5, 5.41) is 0.159. The van der Waals surface area contributed by atoms with Crippen LogP contribution in [0.5, 0.6) is 0 Å². The molecular weight excluding hydrogens is 286 g/mol. The zero-order chi connectivity index (χ0) is 13.7. The number of aromatic nitrogens is 2. The van der Waals surface area contributed by atoms with Gasteiger partial charge in [-0.05, 0) is 30.2 Å². The van der Waals surface area contributed by atoms with Crippen LogP contribution in [0.15, 0.2) is 47.9 Å². The number of nitrogens with zero attached hydrogens (tertiary/aromatic N) is 2. The molecule has 2 aromatic heterocycles. The van der Waals surface area contributed by atoms with Crippen molar-refractivity contribution < 1.29 is 8.42 Å². The number of rotatable bonds is 5. The van der Waals surface area contributed by atoms with E-state index >= 15 is 0 Å². The van der Waals surface area contributed by atoms with E-state index < -0.39 is 10.0 Å². The SMILES string of the molecule is O=S(=O)(NCCc1ccncc1)c1cnccc1Cl. The Labute approximate surface area is 116 Å². The molecule has 0 amide bonds. The first-order valence-electron chi connectivity index (χ1n) is 5.58. The Morgan fingerprint density at radius 3 is 2.47 bits per heavy atom. The van der Waals surface area contributed by atoms with Gasteiger partial charge < -0.3 is 0 Å². The van der Waals surface area contributed by atoms with Crippen LogP contribution in [0.25, 0.3) is 0 Å². The monoisotopic (exact) mass is 297 g/mol. The second kappa shape index (κ2) is 6.10. The van der Waals surface area contributed by atoms with Crippen LogP contribution < -0.4 is 4.72 Å². The molecule has 0 unspecified atom stereocenters. The maximum Gasteiger partial charge on any atom is 0.243 e. The molecule has 2 aromatic rings. The minimum absolute atomic E-state index is 0.00797. The molecule has 0 saturated heterocycles. The maximum atomic E-state index is 12.0. The predicted octanol–water partition coefficient (Wildman–Crippen LogP) is 1.65. The third-order valence-corrected chi connectivity index (χ3v) is 4.41. The van der Waals surface area contributed by atoms with E-state index in [-0.39, 0.29) is 16.5 Å². The summed E-state index contributed by atoms with van der Waals surface area (Å²) in [5.41, 5.74) is 1.01. The van der Waals surface area contributed by atoms with Crippen LogP contribution in [0, 0.1) is 0 Å². The highest BCUT2D eigenvalue weighted by Gasteiger charge is 2.17. The minimum atomic E-state index is -3.62. The first-order valence-corrected chi connectivity index (χ1v) is 7.44. The van der Waals surface area contributed by atoms with E-state index in [2.05, 4.69) is 14.7 Å². The van der Waals surface area contributed by atoms with Gasteiger partial charge in [0.15, 0.2) is 0 Å². The fraction of sp³-hybridized carbons (Fsp3) is 0.167. The fourth-order valence-corrected chi connectivity index (χ4v) is 2.98. The number of halogens is 1. The molecule has 0 radical (unpaired) electrons. The largest absolute Gasteiger partial charge is 0.265 e. The van der Waals surface area contributed by atoms with Gasteiger partial charge in [-0.25, -0.2) is 13.1 Å². The van der Waals surface area contributed by atoms with Crippen molar-refractivity contribution in [2.75, 3.05) is 6.54 Å². The van der Waals surface area contributed by atoms with Gasteiger partial charge in [0.1, 0.15) is 4.90 Å². The summed E-state index contributed by atoms with van der Waals surface area (Å²) in [4.78, 5) is 7.66. The molecule has 100 valence electrons. The van der Waals surface area contributed by atoms with Gasteiger partial charge in [-0.1, -0.05) is 11.6 Å². The molecule has 0 aliphatic carbocycles. The molecule has 0 atom stereocenters. The highest BCUT2D eigenvalue weighted by Crippen LogP contribution is 2.18. The fourth-order valence-electron chi connectivity index (χ4n) is 1.52. The van der Waals surface area contributed by atoms with Crippen LogP contribution >= 0.6 is 11.6 Å². The van der Waals surface area contributed by atoms with Crippen molar-refractivity contribution >= 4 is 21.6 Å². The van der Waals surface area contributed by atoms with Crippen LogP contribution in [-0.4, -0.2) is 24.9 Å². The Morgan fingerprint density at radius 2 is 1.79 bits per heavy atom. The van der Waals surface area contributed by atoms with Crippen molar-refractivity contribution in [3.63, 3.8) is 0 Å². The number of nitrogens with one attached hydrogen (secondary N) is 1. The summed E-state index contributed by atoms with van der Waals surface area (Å²) >= 11 is 5.84. The average Bonchev–Trinajstić information content (AvgIpc) is 2.40. The average molecular weight is 298 g/mol. The summed E-state index contributed by atoms with van der Waals surface area (Å²) in [6.45, 7) is 0.289. The van der Waals surface area contributed by atoms with Crippen LogP contribution in [0.1, 0.15) is 5.56 Å². The number of hydrogen-bond donors (Lipinski definition) is 1. The van der Waals surface area contributed by atoms with Gasteiger partial charge in [-0.15, -0.1) is 0 Å². The second-order valence-electron chi connectivity index (χ2n) is 3.81. The van der Waals surface area contributed by atoms with E-state index in [4.69, 9.17) is 11.6 Å². The molecule has 0 bridgehead atoms. The summed E-state index contributed by atoms with van der Waals surface area (Å²) < 4.78 is 26.5. The van der Waals surface area contributed by atoms with Crippen LogP contribution in [-0.2, 0) is 16.4 Å². The van der Waals surface area contributed by atoms with Crippen LogP contribution in [0.4, 0.5) is 0 Å². The summed E-state index contributed by atoms with van der Waals surface area (Å²) in [7, 11) is -3.62. The van der Waals surface area contributed by atoms with Crippen molar-refractivity contribution in [1.29, 1.82) is 0 Å². The molecule has 2 heterocycles. The van der Waals surface area contributed by atoms with E-state index in [1.54, 1.807) is 12.4 Å². The van der Waals surface area contributed by atoms with Gasteiger partial charge >= 0.3 is 0 Å². The standard InChI is InChI=1S/C12H12ClN3O2S/c13-11-4-7-15-9-12(11)19(17,18)16-8-3-10-1-5-14-6-2-10/h1-2,4-7,9,16H,3,8H2. The number of hydrogen-bond acceptors (Lipinski definition) is 4. The van der Waals surface area contributed by atoms with Gasteiger partial charge in [-0.2, -0.15) is 0 Å². The van der Waals surface area contributed by atoms with E-state index in [9.17, 15) is 8.42 Å². The van der Waals surface area contributed by atoms with Crippen LogP contribution in [0.2, 0.25) is 5.02 Å². The molecule has 19 heavy (non-hydrogen) atoms. The number of sulfonamides is 1. The lowest BCUT2D eigenvalue weighted by atomic mass is 10.2. The van der Waals surface area contributed by atoms with E-state index in [1.807, 2.05) is 12.1 Å². The molecule has 0 aromatic carbocycles. The molecule has 0 aliphatic rings.